The molecule has 4 rings (SSSR count). The van der Waals surface area contributed by atoms with Crippen LogP contribution in [0.3, 0.4) is 0 Å². The van der Waals surface area contributed by atoms with E-state index in [4.69, 9.17) is 10.1 Å². The number of methoxy groups -OCH3 is 1. The summed E-state index contributed by atoms with van der Waals surface area (Å²) in [6.45, 7) is 2.14. The van der Waals surface area contributed by atoms with Gasteiger partial charge in [0.15, 0.2) is 0 Å². The SMILES string of the molecule is COc1ccc(CNC(=O)c2c(Nc3ccc(C)nc3)cc(=N)n(C)c2Nc2ccc(I)cc2F)cc1. The first-order chi connectivity index (χ1) is 17.7. The molecule has 1 amide bonds. The fraction of sp³-hybridized carbons (Fsp3) is 0.148. The first kappa shape index (κ1) is 26.1. The van der Waals surface area contributed by atoms with Crippen molar-refractivity contribution in [3.05, 3.63) is 98.6 Å². The van der Waals surface area contributed by atoms with Crippen molar-refractivity contribution in [3.8, 4) is 5.75 Å². The van der Waals surface area contributed by atoms with Gasteiger partial charge in [-0.3, -0.25) is 15.2 Å². The standard InChI is InChI=1S/C27H26FIN6O2/c1-16-4-8-19(15-31-16)33-23-13-24(30)35(2)26(34-22-11-7-18(29)12-21(22)28)25(23)27(36)32-14-17-5-9-20(37-3)10-6-17/h4-13,15,30,33-34H,14H2,1-3H3,(H,32,36). The van der Waals surface area contributed by atoms with Crippen molar-refractivity contribution in [2.75, 3.05) is 17.7 Å². The van der Waals surface area contributed by atoms with Crippen molar-refractivity contribution in [2.45, 2.75) is 13.5 Å². The van der Waals surface area contributed by atoms with E-state index in [1.54, 1.807) is 38.6 Å². The maximum atomic E-state index is 14.8. The number of benzene rings is 2. The van der Waals surface area contributed by atoms with Crippen LogP contribution in [0, 0.1) is 21.7 Å². The summed E-state index contributed by atoms with van der Waals surface area (Å²) in [6.07, 6.45) is 1.65. The highest BCUT2D eigenvalue weighted by Crippen LogP contribution is 2.29. The van der Waals surface area contributed by atoms with Gasteiger partial charge < -0.3 is 25.3 Å². The molecule has 4 N–H and O–H groups in total. The summed E-state index contributed by atoms with van der Waals surface area (Å²) in [5.41, 5.74) is 3.29. The van der Waals surface area contributed by atoms with Crippen molar-refractivity contribution in [1.29, 1.82) is 5.41 Å². The molecule has 0 aliphatic heterocycles. The van der Waals surface area contributed by atoms with Crippen molar-refractivity contribution in [1.82, 2.24) is 14.9 Å². The smallest absolute Gasteiger partial charge is 0.257 e. The van der Waals surface area contributed by atoms with Crippen LogP contribution >= 0.6 is 22.6 Å². The Balaban J connectivity index is 1.75. The fourth-order valence-electron chi connectivity index (χ4n) is 3.63. The highest BCUT2D eigenvalue weighted by atomic mass is 127. The number of anilines is 4. The zero-order chi connectivity index (χ0) is 26.5. The number of aryl methyl sites for hydroxylation is 1. The number of hydrogen-bond acceptors (Lipinski definition) is 6. The molecule has 0 fully saturated rings. The number of amides is 1. The molecule has 0 aliphatic carbocycles. The summed E-state index contributed by atoms with van der Waals surface area (Å²) in [7, 11) is 3.24. The van der Waals surface area contributed by atoms with Gasteiger partial charge in [0.1, 0.15) is 28.4 Å². The molecule has 0 radical (unpaired) electrons. The Morgan fingerprint density at radius 2 is 1.84 bits per heavy atom. The predicted molar refractivity (Wildman–Crippen MR) is 150 cm³/mol. The molecule has 2 aromatic heterocycles. The van der Waals surface area contributed by atoms with Crippen LogP contribution in [-0.2, 0) is 13.6 Å². The molecule has 0 bridgehead atoms. The molecule has 10 heteroatoms. The van der Waals surface area contributed by atoms with Crippen LogP contribution in [0.1, 0.15) is 21.6 Å². The van der Waals surface area contributed by atoms with Crippen LogP contribution in [0.25, 0.3) is 0 Å². The number of ether oxygens (including phenoxy) is 1. The van der Waals surface area contributed by atoms with E-state index in [-0.39, 0.29) is 29.1 Å². The molecule has 0 spiro atoms. The molecule has 190 valence electrons. The minimum Gasteiger partial charge on any atom is -0.497 e. The zero-order valence-electron chi connectivity index (χ0n) is 20.5. The van der Waals surface area contributed by atoms with Gasteiger partial charge in [0.25, 0.3) is 5.91 Å². The third-order valence-corrected chi connectivity index (χ3v) is 6.37. The van der Waals surface area contributed by atoms with E-state index in [1.165, 1.54) is 10.6 Å². The van der Waals surface area contributed by atoms with Crippen LogP contribution < -0.4 is 26.2 Å². The minimum atomic E-state index is -0.468. The normalized spacial score (nSPS) is 10.6. The summed E-state index contributed by atoms with van der Waals surface area (Å²) in [5, 5.41) is 17.7. The lowest BCUT2D eigenvalue weighted by atomic mass is 10.1. The Hall–Kier alpha value is -3.93. The Labute approximate surface area is 227 Å². The lowest BCUT2D eigenvalue weighted by Crippen LogP contribution is -2.29. The molecule has 0 unspecified atom stereocenters. The molecular weight excluding hydrogens is 586 g/mol. The average Bonchev–Trinajstić information content (AvgIpc) is 2.88. The average molecular weight is 612 g/mol. The molecule has 0 saturated heterocycles. The molecule has 0 aliphatic rings. The van der Waals surface area contributed by atoms with E-state index in [2.05, 4.69) is 20.9 Å². The van der Waals surface area contributed by atoms with Gasteiger partial charge in [0.2, 0.25) is 0 Å². The monoisotopic (exact) mass is 612 g/mol. The van der Waals surface area contributed by atoms with Crippen molar-refractivity contribution in [2.24, 2.45) is 7.05 Å². The lowest BCUT2D eigenvalue weighted by molar-refractivity contribution is 0.0952. The van der Waals surface area contributed by atoms with Gasteiger partial charge in [0, 0.05) is 28.9 Å². The van der Waals surface area contributed by atoms with Crippen LogP contribution in [0.15, 0.2) is 66.9 Å². The van der Waals surface area contributed by atoms with Crippen molar-refractivity contribution in [3.63, 3.8) is 0 Å². The first-order valence-electron chi connectivity index (χ1n) is 11.4. The van der Waals surface area contributed by atoms with E-state index in [1.807, 2.05) is 65.9 Å². The topological polar surface area (TPSA) is 104 Å². The summed E-state index contributed by atoms with van der Waals surface area (Å²) in [5.74, 6) is 0.117. The fourth-order valence-corrected chi connectivity index (χ4v) is 4.08. The summed E-state index contributed by atoms with van der Waals surface area (Å²) < 4.78 is 22.2. The third kappa shape index (κ3) is 6.26. The maximum absolute atomic E-state index is 14.8. The number of carbonyl (C=O) groups is 1. The van der Waals surface area contributed by atoms with Crippen LogP contribution in [0.2, 0.25) is 0 Å². The summed E-state index contributed by atoms with van der Waals surface area (Å²) in [6, 6.07) is 17.4. The summed E-state index contributed by atoms with van der Waals surface area (Å²) >= 11 is 2.03. The van der Waals surface area contributed by atoms with E-state index < -0.39 is 11.7 Å². The van der Waals surface area contributed by atoms with Crippen molar-refractivity contribution < 1.29 is 13.9 Å². The molecular formula is C27H26FIN6O2. The van der Waals surface area contributed by atoms with E-state index >= 15 is 0 Å². The van der Waals surface area contributed by atoms with Gasteiger partial charge in [-0.15, -0.1) is 0 Å². The zero-order valence-corrected chi connectivity index (χ0v) is 22.7. The molecule has 2 aromatic carbocycles. The van der Waals surface area contributed by atoms with Crippen LogP contribution in [-0.4, -0.2) is 22.6 Å². The molecule has 8 nitrogen and oxygen atoms in total. The minimum absolute atomic E-state index is 0.114. The number of aromatic nitrogens is 2. The number of nitrogens with one attached hydrogen (secondary N) is 4. The number of hydrogen-bond donors (Lipinski definition) is 4. The van der Waals surface area contributed by atoms with E-state index in [9.17, 15) is 9.18 Å². The Morgan fingerprint density at radius 3 is 2.49 bits per heavy atom. The van der Waals surface area contributed by atoms with Gasteiger partial charge in [-0.25, -0.2) is 4.39 Å². The maximum Gasteiger partial charge on any atom is 0.257 e. The molecule has 0 atom stereocenters. The van der Waals surface area contributed by atoms with Crippen molar-refractivity contribution >= 4 is 51.4 Å². The Kier molecular flexibility index (Phi) is 8.07. The number of pyridine rings is 2. The Morgan fingerprint density at radius 1 is 1.08 bits per heavy atom. The van der Waals surface area contributed by atoms with Gasteiger partial charge in [0.05, 0.1) is 30.4 Å². The highest BCUT2D eigenvalue weighted by molar-refractivity contribution is 14.1. The number of nitrogens with zero attached hydrogens (tertiary/aromatic N) is 2. The quantitative estimate of drug-likeness (QED) is 0.200. The van der Waals surface area contributed by atoms with Gasteiger partial charge in [-0.1, -0.05) is 12.1 Å². The molecule has 4 aromatic rings. The second kappa shape index (κ2) is 11.4. The number of rotatable bonds is 8. The van der Waals surface area contributed by atoms with Crippen LogP contribution in [0.5, 0.6) is 5.75 Å². The van der Waals surface area contributed by atoms with Gasteiger partial charge in [-0.2, -0.15) is 0 Å². The second-order valence-corrected chi connectivity index (χ2v) is 9.56. The van der Waals surface area contributed by atoms with Gasteiger partial charge >= 0.3 is 0 Å². The van der Waals surface area contributed by atoms with Gasteiger partial charge in [-0.05, 0) is 77.5 Å². The predicted octanol–water partition coefficient (Wildman–Crippen LogP) is 5.38. The third-order valence-electron chi connectivity index (χ3n) is 5.70. The number of carbonyl (C=O) groups excluding carboxylic acids is 1. The number of halogens is 2. The summed E-state index contributed by atoms with van der Waals surface area (Å²) in [4.78, 5) is 17.9. The van der Waals surface area contributed by atoms with E-state index in [0.29, 0.717) is 11.4 Å². The highest BCUT2D eigenvalue weighted by Gasteiger charge is 2.21. The molecule has 2 heterocycles. The van der Waals surface area contributed by atoms with E-state index in [0.717, 1.165) is 20.6 Å². The largest absolute Gasteiger partial charge is 0.497 e. The lowest BCUT2D eigenvalue weighted by Gasteiger charge is -2.21. The molecule has 37 heavy (non-hydrogen) atoms. The Bertz CT molecular complexity index is 1490. The second-order valence-electron chi connectivity index (χ2n) is 8.32. The molecule has 0 saturated carbocycles. The van der Waals surface area contributed by atoms with Crippen LogP contribution in [0.4, 0.5) is 27.3 Å². The first-order valence-corrected chi connectivity index (χ1v) is 12.4.